The molecule has 0 saturated carbocycles. The van der Waals surface area contributed by atoms with E-state index >= 15 is 0 Å². The highest BCUT2D eigenvalue weighted by Gasteiger charge is 2.11. The molecular formula is C12H16N4. The lowest BCUT2D eigenvalue weighted by molar-refractivity contribution is 0.534. The SMILES string of the molecule is CNC(CCc1ccccc1)c1cn[nH]n1. The highest BCUT2D eigenvalue weighted by molar-refractivity contribution is 5.15. The highest BCUT2D eigenvalue weighted by Crippen LogP contribution is 2.15. The van der Waals surface area contributed by atoms with Gasteiger partial charge in [0.1, 0.15) is 0 Å². The standard InChI is InChI=1S/C12H16N4/c1-13-11(12-9-14-16-15-12)8-7-10-5-3-2-4-6-10/h2-6,9,11,13H,7-8H2,1H3,(H,14,15,16). The van der Waals surface area contributed by atoms with E-state index in [9.17, 15) is 0 Å². The van der Waals surface area contributed by atoms with Gasteiger partial charge >= 0.3 is 0 Å². The fourth-order valence-electron chi connectivity index (χ4n) is 1.77. The number of H-pyrrole nitrogens is 1. The van der Waals surface area contributed by atoms with Crippen molar-refractivity contribution in [3.63, 3.8) is 0 Å². The van der Waals surface area contributed by atoms with Gasteiger partial charge in [-0.15, -0.1) is 0 Å². The summed E-state index contributed by atoms with van der Waals surface area (Å²) in [5, 5.41) is 13.8. The number of nitrogens with zero attached hydrogens (tertiary/aromatic N) is 2. The third-order valence-electron chi connectivity index (χ3n) is 2.70. The Labute approximate surface area is 95.1 Å². The number of rotatable bonds is 5. The van der Waals surface area contributed by atoms with Crippen LogP contribution in [0.3, 0.4) is 0 Å². The number of aryl methyl sites for hydroxylation is 1. The maximum Gasteiger partial charge on any atom is 0.0993 e. The second-order valence-corrected chi connectivity index (χ2v) is 3.76. The molecule has 0 spiro atoms. The molecule has 16 heavy (non-hydrogen) atoms. The predicted octanol–water partition coefficient (Wildman–Crippen LogP) is 1.70. The van der Waals surface area contributed by atoms with Crippen LogP contribution < -0.4 is 5.32 Å². The van der Waals surface area contributed by atoms with E-state index in [1.54, 1.807) is 6.20 Å². The summed E-state index contributed by atoms with van der Waals surface area (Å²) in [6.45, 7) is 0. The van der Waals surface area contributed by atoms with Gasteiger partial charge in [0.2, 0.25) is 0 Å². The number of aromatic nitrogens is 3. The maximum absolute atomic E-state index is 4.10. The Bertz CT molecular complexity index is 396. The summed E-state index contributed by atoms with van der Waals surface area (Å²) in [6.07, 6.45) is 3.83. The van der Waals surface area contributed by atoms with Crippen LogP contribution in [-0.4, -0.2) is 22.5 Å². The van der Waals surface area contributed by atoms with Crippen molar-refractivity contribution in [3.05, 3.63) is 47.8 Å². The molecule has 0 bridgehead atoms. The molecule has 0 aliphatic rings. The molecule has 0 aliphatic carbocycles. The zero-order valence-electron chi connectivity index (χ0n) is 9.35. The van der Waals surface area contributed by atoms with Gasteiger partial charge in [-0.1, -0.05) is 30.3 Å². The van der Waals surface area contributed by atoms with E-state index in [4.69, 9.17) is 0 Å². The fraction of sp³-hybridized carbons (Fsp3) is 0.333. The molecule has 0 radical (unpaired) electrons. The third-order valence-corrected chi connectivity index (χ3v) is 2.70. The van der Waals surface area contributed by atoms with Crippen molar-refractivity contribution in [2.24, 2.45) is 0 Å². The summed E-state index contributed by atoms with van der Waals surface area (Å²) in [6, 6.07) is 10.7. The average Bonchev–Trinajstić information content (AvgIpc) is 2.85. The van der Waals surface area contributed by atoms with Crippen LogP contribution in [0.25, 0.3) is 0 Å². The first-order chi connectivity index (χ1) is 7.90. The normalized spacial score (nSPS) is 12.6. The number of nitrogens with one attached hydrogen (secondary N) is 2. The molecular weight excluding hydrogens is 200 g/mol. The molecule has 4 nitrogen and oxygen atoms in total. The Morgan fingerprint density at radius 3 is 2.75 bits per heavy atom. The van der Waals surface area contributed by atoms with Crippen molar-refractivity contribution in [2.75, 3.05) is 7.05 Å². The number of hydrogen-bond donors (Lipinski definition) is 2. The average molecular weight is 216 g/mol. The van der Waals surface area contributed by atoms with Crippen LogP contribution in [0.1, 0.15) is 23.7 Å². The smallest absolute Gasteiger partial charge is 0.0993 e. The molecule has 0 aliphatic heterocycles. The molecule has 2 N–H and O–H groups in total. The highest BCUT2D eigenvalue weighted by atomic mass is 15.3. The summed E-state index contributed by atoms with van der Waals surface area (Å²) >= 11 is 0. The molecule has 2 rings (SSSR count). The van der Waals surface area contributed by atoms with Gasteiger partial charge in [-0.3, -0.25) is 0 Å². The van der Waals surface area contributed by atoms with Gasteiger partial charge in [0.15, 0.2) is 0 Å². The Morgan fingerprint density at radius 2 is 2.12 bits per heavy atom. The van der Waals surface area contributed by atoms with Crippen molar-refractivity contribution in [1.82, 2.24) is 20.7 Å². The van der Waals surface area contributed by atoms with Gasteiger partial charge in [0, 0.05) is 0 Å². The van der Waals surface area contributed by atoms with E-state index in [1.165, 1.54) is 5.56 Å². The monoisotopic (exact) mass is 216 g/mol. The summed E-state index contributed by atoms with van der Waals surface area (Å²) in [5.74, 6) is 0. The molecule has 84 valence electrons. The van der Waals surface area contributed by atoms with Crippen molar-refractivity contribution in [3.8, 4) is 0 Å². The van der Waals surface area contributed by atoms with Crippen LogP contribution in [-0.2, 0) is 6.42 Å². The van der Waals surface area contributed by atoms with Crippen molar-refractivity contribution < 1.29 is 0 Å². The van der Waals surface area contributed by atoms with Gasteiger partial charge in [0.25, 0.3) is 0 Å². The molecule has 1 aromatic heterocycles. The molecule has 0 saturated heterocycles. The first-order valence-corrected chi connectivity index (χ1v) is 5.47. The van der Waals surface area contributed by atoms with E-state index in [-0.39, 0.29) is 6.04 Å². The lowest BCUT2D eigenvalue weighted by Gasteiger charge is -2.12. The largest absolute Gasteiger partial charge is 0.312 e. The lowest BCUT2D eigenvalue weighted by atomic mass is 10.0. The number of hydrogen-bond acceptors (Lipinski definition) is 3. The van der Waals surface area contributed by atoms with Crippen LogP contribution >= 0.6 is 0 Å². The molecule has 4 heteroatoms. The van der Waals surface area contributed by atoms with Crippen molar-refractivity contribution in [2.45, 2.75) is 18.9 Å². The van der Waals surface area contributed by atoms with Crippen LogP contribution in [0.2, 0.25) is 0 Å². The molecule has 1 unspecified atom stereocenters. The summed E-state index contributed by atoms with van der Waals surface area (Å²) in [7, 11) is 1.95. The minimum Gasteiger partial charge on any atom is -0.312 e. The van der Waals surface area contributed by atoms with Crippen LogP contribution in [0, 0.1) is 0 Å². The summed E-state index contributed by atoms with van der Waals surface area (Å²) in [5.41, 5.74) is 2.32. The topological polar surface area (TPSA) is 53.6 Å². The zero-order chi connectivity index (χ0) is 11.2. The quantitative estimate of drug-likeness (QED) is 0.799. The summed E-state index contributed by atoms with van der Waals surface area (Å²) < 4.78 is 0. The minimum atomic E-state index is 0.263. The zero-order valence-corrected chi connectivity index (χ0v) is 9.35. The predicted molar refractivity (Wildman–Crippen MR) is 62.9 cm³/mol. The fourth-order valence-corrected chi connectivity index (χ4v) is 1.77. The van der Waals surface area contributed by atoms with Crippen LogP contribution in [0.5, 0.6) is 0 Å². The third kappa shape index (κ3) is 2.67. The van der Waals surface area contributed by atoms with E-state index in [2.05, 4.69) is 45.0 Å². The van der Waals surface area contributed by atoms with Gasteiger partial charge in [-0.2, -0.15) is 15.4 Å². The van der Waals surface area contributed by atoms with Gasteiger partial charge in [-0.25, -0.2) is 0 Å². The first kappa shape index (κ1) is 10.8. The molecule has 1 aromatic carbocycles. The molecule has 1 heterocycles. The Balaban J connectivity index is 1.94. The molecule has 0 amide bonds. The van der Waals surface area contributed by atoms with Gasteiger partial charge in [-0.05, 0) is 25.5 Å². The molecule has 1 atom stereocenters. The Morgan fingerprint density at radius 1 is 1.31 bits per heavy atom. The summed E-state index contributed by atoms with van der Waals surface area (Å²) in [4.78, 5) is 0. The lowest BCUT2D eigenvalue weighted by Crippen LogP contribution is -2.17. The van der Waals surface area contributed by atoms with E-state index in [0.717, 1.165) is 18.5 Å². The number of benzene rings is 1. The Hall–Kier alpha value is -1.68. The van der Waals surface area contributed by atoms with Crippen molar-refractivity contribution in [1.29, 1.82) is 0 Å². The van der Waals surface area contributed by atoms with E-state index < -0.39 is 0 Å². The van der Waals surface area contributed by atoms with Crippen molar-refractivity contribution >= 4 is 0 Å². The van der Waals surface area contributed by atoms with E-state index in [1.807, 2.05) is 13.1 Å². The van der Waals surface area contributed by atoms with Crippen LogP contribution in [0.4, 0.5) is 0 Å². The van der Waals surface area contributed by atoms with E-state index in [0.29, 0.717) is 0 Å². The Kier molecular flexibility index (Phi) is 3.66. The first-order valence-electron chi connectivity index (χ1n) is 5.47. The second-order valence-electron chi connectivity index (χ2n) is 3.76. The second kappa shape index (κ2) is 5.42. The van der Waals surface area contributed by atoms with Gasteiger partial charge in [0.05, 0.1) is 17.9 Å². The van der Waals surface area contributed by atoms with Crippen LogP contribution in [0.15, 0.2) is 36.5 Å². The van der Waals surface area contributed by atoms with Gasteiger partial charge < -0.3 is 5.32 Å². The number of aromatic amines is 1. The minimum absolute atomic E-state index is 0.263. The maximum atomic E-state index is 4.10. The molecule has 2 aromatic rings. The molecule has 0 fully saturated rings.